The summed E-state index contributed by atoms with van der Waals surface area (Å²) in [5.41, 5.74) is 0.956. The number of nitrogens with zero attached hydrogens (tertiary/aromatic N) is 3. The second kappa shape index (κ2) is 7.95. The zero-order valence-electron chi connectivity index (χ0n) is 14.9. The SMILES string of the molecule is COCCC(=O)N1CCC[C@]2(CCC(=O)N2Cc2cccnc2)CC1. The predicted octanol–water partition coefficient (Wildman–Crippen LogP) is 1.99. The van der Waals surface area contributed by atoms with Crippen molar-refractivity contribution in [2.24, 2.45) is 0 Å². The molecule has 1 aromatic heterocycles. The lowest BCUT2D eigenvalue weighted by Gasteiger charge is -2.38. The van der Waals surface area contributed by atoms with Gasteiger partial charge in [0.2, 0.25) is 11.8 Å². The number of aromatic nitrogens is 1. The molecule has 0 bridgehead atoms. The number of ether oxygens (including phenoxy) is 1. The van der Waals surface area contributed by atoms with E-state index < -0.39 is 0 Å². The summed E-state index contributed by atoms with van der Waals surface area (Å²) in [5, 5.41) is 0. The molecule has 2 fully saturated rings. The van der Waals surface area contributed by atoms with E-state index in [0.29, 0.717) is 26.0 Å². The predicted molar refractivity (Wildman–Crippen MR) is 93.7 cm³/mol. The van der Waals surface area contributed by atoms with Crippen LogP contribution in [-0.4, -0.2) is 58.9 Å². The highest BCUT2D eigenvalue weighted by atomic mass is 16.5. The van der Waals surface area contributed by atoms with Crippen molar-refractivity contribution in [3.05, 3.63) is 30.1 Å². The second-order valence-corrected chi connectivity index (χ2v) is 7.04. The van der Waals surface area contributed by atoms with Crippen LogP contribution in [0.5, 0.6) is 0 Å². The molecule has 2 aliphatic rings. The highest BCUT2D eigenvalue weighted by molar-refractivity contribution is 5.80. The summed E-state index contributed by atoms with van der Waals surface area (Å²) < 4.78 is 5.02. The molecule has 6 heteroatoms. The molecule has 0 saturated carbocycles. The average molecular weight is 345 g/mol. The number of carbonyl (C=O) groups is 2. The Hall–Kier alpha value is -1.95. The van der Waals surface area contributed by atoms with Crippen LogP contribution in [0.2, 0.25) is 0 Å². The zero-order chi connectivity index (χ0) is 17.7. The molecule has 2 amide bonds. The molecule has 6 nitrogen and oxygen atoms in total. The molecule has 0 radical (unpaired) electrons. The van der Waals surface area contributed by atoms with Crippen LogP contribution in [0.4, 0.5) is 0 Å². The van der Waals surface area contributed by atoms with E-state index in [9.17, 15) is 9.59 Å². The third-order valence-electron chi connectivity index (χ3n) is 5.53. The van der Waals surface area contributed by atoms with Gasteiger partial charge in [-0.1, -0.05) is 6.07 Å². The Morgan fingerprint density at radius 3 is 2.96 bits per heavy atom. The maximum Gasteiger partial charge on any atom is 0.224 e. The van der Waals surface area contributed by atoms with E-state index in [0.717, 1.165) is 44.3 Å². The molecule has 136 valence electrons. The van der Waals surface area contributed by atoms with Crippen molar-refractivity contribution in [3.63, 3.8) is 0 Å². The Morgan fingerprint density at radius 1 is 1.32 bits per heavy atom. The van der Waals surface area contributed by atoms with Gasteiger partial charge in [-0.05, 0) is 37.3 Å². The van der Waals surface area contributed by atoms with Crippen molar-refractivity contribution in [1.82, 2.24) is 14.8 Å². The molecule has 1 aromatic rings. The highest BCUT2D eigenvalue weighted by Gasteiger charge is 2.45. The smallest absolute Gasteiger partial charge is 0.224 e. The highest BCUT2D eigenvalue weighted by Crippen LogP contribution is 2.40. The van der Waals surface area contributed by atoms with Crippen LogP contribution >= 0.6 is 0 Å². The van der Waals surface area contributed by atoms with Gasteiger partial charge in [0.1, 0.15) is 0 Å². The lowest BCUT2D eigenvalue weighted by Crippen LogP contribution is -2.46. The van der Waals surface area contributed by atoms with Gasteiger partial charge < -0.3 is 14.5 Å². The van der Waals surface area contributed by atoms with Gasteiger partial charge in [-0.15, -0.1) is 0 Å². The van der Waals surface area contributed by atoms with Crippen molar-refractivity contribution < 1.29 is 14.3 Å². The topological polar surface area (TPSA) is 62.7 Å². The Kier molecular flexibility index (Phi) is 5.68. The number of methoxy groups -OCH3 is 1. The monoisotopic (exact) mass is 345 g/mol. The number of pyridine rings is 1. The number of amides is 2. The minimum Gasteiger partial charge on any atom is -0.384 e. The van der Waals surface area contributed by atoms with Crippen LogP contribution in [0.3, 0.4) is 0 Å². The minimum absolute atomic E-state index is 0.108. The fourth-order valence-corrected chi connectivity index (χ4v) is 4.10. The first-order valence-electron chi connectivity index (χ1n) is 9.11. The lowest BCUT2D eigenvalue weighted by atomic mass is 9.87. The fraction of sp³-hybridized carbons (Fsp3) is 0.632. The molecule has 25 heavy (non-hydrogen) atoms. The summed E-state index contributed by atoms with van der Waals surface area (Å²) in [7, 11) is 1.62. The molecule has 1 atom stereocenters. The lowest BCUT2D eigenvalue weighted by molar-refractivity contribution is -0.132. The van der Waals surface area contributed by atoms with Gasteiger partial charge >= 0.3 is 0 Å². The molecule has 0 N–H and O–H groups in total. The van der Waals surface area contributed by atoms with Gasteiger partial charge in [0.25, 0.3) is 0 Å². The molecule has 0 aliphatic carbocycles. The number of carbonyl (C=O) groups excluding carboxylic acids is 2. The first kappa shape index (κ1) is 17.9. The van der Waals surface area contributed by atoms with Gasteiger partial charge in [0.05, 0.1) is 13.0 Å². The Morgan fingerprint density at radius 2 is 2.20 bits per heavy atom. The molecule has 0 unspecified atom stereocenters. The van der Waals surface area contributed by atoms with E-state index in [1.54, 1.807) is 13.3 Å². The van der Waals surface area contributed by atoms with Crippen LogP contribution < -0.4 is 0 Å². The summed E-state index contributed by atoms with van der Waals surface area (Å²) in [6, 6.07) is 3.93. The van der Waals surface area contributed by atoms with Gasteiger partial charge in [-0.3, -0.25) is 14.6 Å². The van der Waals surface area contributed by atoms with E-state index >= 15 is 0 Å². The Bertz CT molecular complexity index is 607. The quantitative estimate of drug-likeness (QED) is 0.819. The molecule has 3 heterocycles. The van der Waals surface area contributed by atoms with Crippen LogP contribution in [-0.2, 0) is 20.9 Å². The van der Waals surface area contributed by atoms with E-state index in [2.05, 4.69) is 4.98 Å². The van der Waals surface area contributed by atoms with Crippen molar-refractivity contribution >= 4 is 11.8 Å². The second-order valence-electron chi connectivity index (χ2n) is 7.04. The van der Waals surface area contributed by atoms with Crippen LogP contribution in [0.1, 0.15) is 44.1 Å². The van der Waals surface area contributed by atoms with Crippen molar-refractivity contribution in [2.45, 2.75) is 50.6 Å². The van der Waals surface area contributed by atoms with E-state index in [1.807, 2.05) is 28.1 Å². The number of likely N-dealkylation sites (tertiary alicyclic amines) is 2. The minimum atomic E-state index is -0.108. The van der Waals surface area contributed by atoms with Gasteiger partial charge in [-0.25, -0.2) is 0 Å². The normalized spacial score (nSPS) is 24.0. The summed E-state index contributed by atoms with van der Waals surface area (Å²) in [6.07, 6.45) is 8.28. The van der Waals surface area contributed by atoms with Crippen molar-refractivity contribution in [1.29, 1.82) is 0 Å². The zero-order valence-corrected chi connectivity index (χ0v) is 14.9. The van der Waals surface area contributed by atoms with Crippen LogP contribution in [0, 0.1) is 0 Å². The molecule has 2 saturated heterocycles. The van der Waals surface area contributed by atoms with Crippen molar-refractivity contribution in [2.75, 3.05) is 26.8 Å². The third-order valence-corrected chi connectivity index (χ3v) is 5.53. The first-order chi connectivity index (χ1) is 12.1. The number of rotatable bonds is 5. The average Bonchev–Trinajstić information content (AvgIpc) is 2.81. The Labute approximate surface area is 149 Å². The fourth-order valence-electron chi connectivity index (χ4n) is 4.10. The summed E-state index contributed by atoms with van der Waals surface area (Å²) in [6.45, 7) is 2.58. The summed E-state index contributed by atoms with van der Waals surface area (Å²) in [4.78, 5) is 33.0. The van der Waals surface area contributed by atoms with Crippen LogP contribution in [0.25, 0.3) is 0 Å². The van der Waals surface area contributed by atoms with E-state index in [1.165, 1.54) is 0 Å². The molecular formula is C19H27N3O3. The van der Waals surface area contributed by atoms with Crippen LogP contribution in [0.15, 0.2) is 24.5 Å². The first-order valence-corrected chi connectivity index (χ1v) is 9.11. The summed E-state index contributed by atoms with van der Waals surface area (Å²) in [5.74, 6) is 0.380. The maximum absolute atomic E-state index is 12.5. The summed E-state index contributed by atoms with van der Waals surface area (Å²) >= 11 is 0. The van der Waals surface area contributed by atoms with E-state index in [-0.39, 0.29) is 17.4 Å². The molecular weight excluding hydrogens is 318 g/mol. The standard InChI is InChI=1S/C19H27N3O3/c1-25-13-6-17(23)21-11-3-7-19(9-12-21)8-5-18(24)22(19)15-16-4-2-10-20-14-16/h2,4,10,14H,3,5-9,11-13,15H2,1H3/t19-/m0/s1. The third kappa shape index (κ3) is 4.00. The largest absolute Gasteiger partial charge is 0.384 e. The molecule has 2 aliphatic heterocycles. The van der Waals surface area contributed by atoms with Gasteiger partial charge in [0, 0.05) is 51.1 Å². The molecule has 3 rings (SSSR count). The molecule has 0 aromatic carbocycles. The van der Waals surface area contributed by atoms with Gasteiger partial charge in [-0.2, -0.15) is 0 Å². The van der Waals surface area contributed by atoms with E-state index in [4.69, 9.17) is 4.74 Å². The van der Waals surface area contributed by atoms with Gasteiger partial charge in [0.15, 0.2) is 0 Å². The van der Waals surface area contributed by atoms with Crippen molar-refractivity contribution in [3.8, 4) is 0 Å². The number of hydrogen-bond donors (Lipinski definition) is 0. The maximum atomic E-state index is 12.5. The number of hydrogen-bond acceptors (Lipinski definition) is 4. The molecule has 1 spiro atoms. The Balaban J connectivity index is 1.69.